The second-order valence-corrected chi connectivity index (χ2v) is 7.63. The molecule has 30 heavy (non-hydrogen) atoms. The summed E-state index contributed by atoms with van der Waals surface area (Å²) in [5.41, 5.74) is 0.850. The number of likely N-dealkylation sites (N-methyl/N-ethyl adjacent to an activating group) is 2. The van der Waals surface area contributed by atoms with Gasteiger partial charge >= 0.3 is 0 Å². The topological polar surface area (TPSA) is 69.1 Å². The minimum absolute atomic E-state index is 0.0140. The van der Waals surface area contributed by atoms with Crippen molar-refractivity contribution in [3.63, 3.8) is 0 Å². The average molecular weight is 432 g/mol. The summed E-state index contributed by atoms with van der Waals surface area (Å²) in [6.45, 7) is 2.92. The van der Waals surface area contributed by atoms with Crippen molar-refractivity contribution in [3.8, 4) is 0 Å². The van der Waals surface area contributed by atoms with Crippen molar-refractivity contribution in [1.29, 1.82) is 0 Å². The Balaban J connectivity index is 1.98. The number of aromatic nitrogens is 1. The van der Waals surface area contributed by atoms with E-state index in [-0.39, 0.29) is 28.7 Å². The highest BCUT2D eigenvalue weighted by molar-refractivity contribution is 6.30. The monoisotopic (exact) mass is 431 g/mol. The number of nitroso groups, excluding NO2 is 1. The fraction of sp³-hybridized carbons (Fsp3) is 0.333. The van der Waals surface area contributed by atoms with Crippen LogP contribution in [0.4, 0.5) is 4.39 Å². The fourth-order valence-electron chi connectivity index (χ4n) is 3.39. The van der Waals surface area contributed by atoms with Crippen molar-refractivity contribution in [3.05, 3.63) is 69.6 Å². The number of halogens is 2. The van der Waals surface area contributed by atoms with Crippen LogP contribution >= 0.6 is 11.6 Å². The molecule has 9 heteroatoms. The molecule has 0 unspecified atom stereocenters. The standard InChI is InChI=1S/C21H23ClFN5O2/c1-26-9-11-28(12-10-26)19(29)14-27(2)21(15-5-7-24-8-6-15)20(25-30)17-4-3-16(22)13-18(17)23/h3-8,13H,9-12,14H2,1-2H3/b21-20-. The maximum absolute atomic E-state index is 14.6. The Kier molecular flexibility index (Phi) is 7.12. The van der Waals surface area contributed by atoms with E-state index >= 15 is 0 Å². The Bertz CT molecular complexity index is 946. The minimum atomic E-state index is -0.664. The molecule has 0 bridgehead atoms. The van der Waals surface area contributed by atoms with Crippen LogP contribution in [0.3, 0.4) is 0 Å². The second kappa shape index (κ2) is 9.77. The summed E-state index contributed by atoms with van der Waals surface area (Å²) in [5.74, 6) is -0.735. The zero-order chi connectivity index (χ0) is 21.7. The predicted molar refractivity (Wildman–Crippen MR) is 115 cm³/mol. The third kappa shape index (κ3) is 5.01. The molecular formula is C21H23ClFN5O2. The second-order valence-electron chi connectivity index (χ2n) is 7.19. The Labute approximate surface area is 179 Å². The first-order valence-electron chi connectivity index (χ1n) is 9.51. The van der Waals surface area contributed by atoms with Gasteiger partial charge in [0.25, 0.3) is 0 Å². The molecule has 1 aliphatic rings. The van der Waals surface area contributed by atoms with Gasteiger partial charge in [-0.05, 0) is 42.6 Å². The van der Waals surface area contributed by atoms with Crippen LogP contribution in [0.25, 0.3) is 11.4 Å². The van der Waals surface area contributed by atoms with E-state index in [9.17, 15) is 14.1 Å². The fourth-order valence-corrected chi connectivity index (χ4v) is 3.55. The van der Waals surface area contributed by atoms with Crippen LogP contribution in [0.5, 0.6) is 0 Å². The van der Waals surface area contributed by atoms with Gasteiger partial charge in [-0.1, -0.05) is 11.6 Å². The molecule has 0 aliphatic carbocycles. The van der Waals surface area contributed by atoms with Crippen LogP contribution in [0, 0.1) is 10.7 Å². The van der Waals surface area contributed by atoms with Crippen LogP contribution < -0.4 is 0 Å². The molecule has 1 aliphatic heterocycles. The van der Waals surface area contributed by atoms with Gasteiger partial charge in [0.15, 0.2) is 0 Å². The summed E-state index contributed by atoms with van der Waals surface area (Å²) >= 11 is 5.85. The van der Waals surface area contributed by atoms with Gasteiger partial charge in [-0.3, -0.25) is 9.78 Å². The number of nitrogens with zero attached hydrogens (tertiary/aromatic N) is 5. The Morgan fingerprint density at radius 2 is 1.87 bits per heavy atom. The minimum Gasteiger partial charge on any atom is -0.363 e. The SMILES string of the molecule is CN1CCN(C(=O)CN(C)/C(=C(\N=O)c2ccc(Cl)cc2F)c2ccncc2)CC1. The molecule has 7 nitrogen and oxygen atoms in total. The molecule has 1 aromatic carbocycles. The number of amides is 1. The lowest BCUT2D eigenvalue weighted by Crippen LogP contribution is -2.49. The lowest BCUT2D eigenvalue weighted by Gasteiger charge is -2.34. The largest absolute Gasteiger partial charge is 0.363 e. The molecule has 1 saturated heterocycles. The number of benzene rings is 1. The molecule has 1 aromatic heterocycles. The van der Waals surface area contributed by atoms with Gasteiger partial charge in [-0.2, -0.15) is 0 Å². The van der Waals surface area contributed by atoms with Gasteiger partial charge in [0.1, 0.15) is 11.5 Å². The Morgan fingerprint density at radius 1 is 1.20 bits per heavy atom. The third-order valence-electron chi connectivity index (χ3n) is 5.07. The van der Waals surface area contributed by atoms with Crippen molar-refractivity contribution in [2.45, 2.75) is 0 Å². The van der Waals surface area contributed by atoms with Crippen molar-refractivity contribution in [1.82, 2.24) is 19.7 Å². The first-order chi connectivity index (χ1) is 14.4. The predicted octanol–water partition coefficient (Wildman–Crippen LogP) is 3.17. The van der Waals surface area contributed by atoms with Crippen LogP contribution in [0.1, 0.15) is 11.1 Å². The maximum Gasteiger partial charge on any atom is 0.242 e. The molecule has 1 amide bonds. The van der Waals surface area contributed by atoms with Gasteiger partial charge in [0, 0.05) is 61.8 Å². The third-order valence-corrected chi connectivity index (χ3v) is 5.30. The van der Waals surface area contributed by atoms with E-state index in [1.54, 1.807) is 41.4 Å². The lowest BCUT2D eigenvalue weighted by atomic mass is 10.0. The number of hydrogen-bond acceptors (Lipinski definition) is 6. The molecule has 2 heterocycles. The van der Waals surface area contributed by atoms with E-state index in [4.69, 9.17) is 11.6 Å². The van der Waals surface area contributed by atoms with E-state index in [2.05, 4.69) is 15.1 Å². The lowest BCUT2D eigenvalue weighted by molar-refractivity contribution is -0.133. The molecule has 0 atom stereocenters. The van der Waals surface area contributed by atoms with Gasteiger partial charge in [0.05, 0.1) is 12.2 Å². The molecule has 0 saturated carbocycles. The zero-order valence-electron chi connectivity index (χ0n) is 16.9. The molecule has 1 fully saturated rings. The summed E-state index contributed by atoms with van der Waals surface area (Å²) in [6.07, 6.45) is 3.12. The van der Waals surface area contributed by atoms with E-state index in [0.29, 0.717) is 24.4 Å². The van der Waals surface area contributed by atoms with Gasteiger partial charge in [-0.25, -0.2) is 4.39 Å². The summed E-state index contributed by atoms with van der Waals surface area (Å²) < 4.78 is 14.6. The number of hydrogen-bond donors (Lipinski definition) is 0. The summed E-state index contributed by atoms with van der Waals surface area (Å²) in [5, 5.41) is 3.34. The van der Waals surface area contributed by atoms with Crippen LogP contribution in [0.2, 0.25) is 5.02 Å². The Morgan fingerprint density at radius 3 is 2.47 bits per heavy atom. The Hall–Kier alpha value is -2.84. The number of pyridine rings is 1. The van der Waals surface area contributed by atoms with Crippen LogP contribution in [0.15, 0.2) is 47.9 Å². The van der Waals surface area contributed by atoms with Crippen LogP contribution in [-0.4, -0.2) is 72.4 Å². The molecule has 3 rings (SSSR count). The van der Waals surface area contributed by atoms with Gasteiger partial charge < -0.3 is 14.7 Å². The van der Waals surface area contributed by atoms with Gasteiger partial charge in [-0.15, -0.1) is 4.91 Å². The van der Waals surface area contributed by atoms with Crippen molar-refractivity contribution >= 4 is 28.9 Å². The van der Waals surface area contributed by atoms with Crippen molar-refractivity contribution in [2.75, 3.05) is 46.8 Å². The van der Waals surface area contributed by atoms with E-state index in [1.807, 2.05) is 7.05 Å². The molecule has 2 aromatic rings. The summed E-state index contributed by atoms with van der Waals surface area (Å²) in [7, 11) is 3.70. The normalized spacial score (nSPS) is 15.5. The van der Waals surface area contributed by atoms with E-state index in [1.165, 1.54) is 12.1 Å². The summed E-state index contributed by atoms with van der Waals surface area (Å²) in [4.78, 5) is 34.2. The first kappa shape index (κ1) is 21.9. The van der Waals surface area contributed by atoms with Crippen molar-refractivity contribution < 1.29 is 9.18 Å². The van der Waals surface area contributed by atoms with Crippen LogP contribution in [-0.2, 0) is 4.79 Å². The zero-order valence-corrected chi connectivity index (χ0v) is 17.6. The molecule has 158 valence electrons. The van der Waals surface area contributed by atoms with E-state index in [0.717, 1.165) is 19.2 Å². The first-order valence-corrected chi connectivity index (χ1v) is 9.89. The number of carbonyl (C=O) groups excluding carboxylic acids is 1. The van der Waals surface area contributed by atoms with Gasteiger partial charge in [0.2, 0.25) is 5.91 Å². The highest BCUT2D eigenvalue weighted by Crippen LogP contribution is 2.32. The molecular weight excluding hydrogens is 409 g/mol. The van der Waals surface area contributed by atoms with Crippen molar-refractivity contribution in [2.24, 2.45) is 5.18 Å². The number of carbonyl (C=O) groups is 1. The quantitative estimate of drug-likeness (QED) is 0.657. The smallest absolute Gasteiger partial charge is 0.242 e. The van der Waals surface area contributed by atoms with E-state index < -0.39 is 5.82 Å². The highest BCUT2D eigenvalue weighted by Gasteiger charge is 2.24. The number of piperazine rings is 1. The highest BCUT2D eigenvalue weighted by atomic mass is 35.5. The summed E-state index contributed by atoms with van der Waals surface area (Å²) in [6, 6.07) is 7.40. The molecule has 0 radical (unpaired) electrons. The maximum atomic E-state index is 14.6. The molecule has 0 N–H and O–H groups in total. The molecule has 0 spiro atoms. The average Bonchev–Trinajstić information content (AvgIpc) is 2.73. The number of rotatable bonds is 6.